The Morgan fingerprint density at radius 1 is 1.14 bits per heavy atom. The van der Waals surface area contributed by atoms with E-state index in [1.807, 2.05) is 48.6 Å². The van der Waals surface area contributed by atoms with Crippen LogP contribution in [0, 0.1) is 0 Å². The van der Waals surface area contributed by atoms with Gasteiger partial charge in [-0.2, -0.15) is 5.10 Å². The van der Waals surface area contributed by atoms with Crippen LogP contribution >= 0.6 is 11.3 Å². The van der Waals surface area contributed by atoms with Crippen LogP contribution in [0.2, 0.25) is 0 Å². The molecule has 4 nitrogen and oxygen atoms in total. The fourth-order valence-corrected chi connectivity index (χ4v) is 3.14. The van der Waals surface area contributed by atoms with Crippen molar-refractivity contribution in [2.24, 2.45) is 5.10 Å². The van der Waals surface area contributed by atoms with Crippen LogP contribution in [0.4, 0.5) is 10.7 Å². The standard InChI is InChI=1S/C16H19N3OS/c1-18(14-5-3-2-4-6-14)17-13-15-7-8-16(21-15)19-9-11-20-12-10-19/h2-8,13H,9-12H2,1H3/b17-13+. The molecule has 0 unspecified atom stereocenters. The molecule has 1 aromatic carbocycles. The van der Waals surface area contributed by atoms with Crippen LogP contribution in [0.15, 0.2) is 47.6 Å². The zero-order valence-electron chi connectivity index (χ0n) is 12.1. The first kappa shape index (κ1) is 14.1. The molecule has 0 bridgehead atoms. The molecule has 1 aliphatic rings. The number of thiophene rings is 1. The third-order valence-corrected chi connectivity index (χ3v) is 4.50. The lowest BCUT2D eigenvalue weighted by Crippen LogP contribution is -2.35. The zero-order valence-corrected chi connectivity index (χ0v) is 12.9. The van der Waals surface area contributed by atoms with Crippen LogP contribution in [0.5, 0.6) is 0 Å². The molecule has 0 N–H and O–H groups in total. The number of ether oxygens (including phenoxy) is 1. The smallest absolute Gasteiger partial charge is 0.0916 e. The van der Waals surface area contributed by atoms with Crippen molar-refractivity contribution in [3.8, 4) is 0 Å². The van der Waals surface area contributed by atoms with Crippen LogP contribution in [-0.4, -0.2) is 39.6 Å². The number of para-hydroxylation sites is 1. The molecule has 0 saturated carbocycles. The molecule has 0 aliphatic carbocycles. The van der Waals surface area contributed by atoms with Gasteiger partial charge >= 0.3 is 0 Å². The summed E-state index contributed by atoms with van der Waals surface area (Å²) in [6, 6.07) is 14.4. The Morgan fingerprint density at radius 2 is 1.90 bits per heavy atom. The highest BCUT2D eigenvalue weighted by Crippen LogP contribution is 2.25. The average Bonchev–Trinajstić information content (AvgIpc) is 3.03. The molecule has 2 heterocycles. The van der Waals surface area contributed by atoms with Crippen LogP contribution in [-0.2, 0) is 4.74 Å². The van der Waals surface area contributed by atoms with Gasteiger partial charge in [-0.15, -0.1) is 11.3 Å². The van der Waals surface area contributed by atoms with E-state index < -0.39 is 0 Å². The third-order valence-electron chi connectivity index (χ3n) is 3.42. The van der Waals surface area contributed by atoms with Crippen LogP contribution in [0.25, 0.3) is 0 Å². The van der Waals surface area contributed by atoms with Crippen molar-refractivity contribution in [1.29, 1.82) is 0 Å². The zero-order chi connectivity index (χ0) is 14.5. The van der Waals surface area contributed by atoms with E-state index in [9.17, 15) is 0 Å². The van der Waals surface area contributed by atoms with Crippen molar-refractivity contribution < 1.29 is 4.74 Å². The van der Waals surface area contributed by atoms with Gasteiger partial charge < -0.3 is 9.64 Å². The lowest BCUT2D eigenvalue weighted by Gasteiger charge is -2.27. The van der Waals surface area contributed by atoms with Gasteiger partial charge in [0, 0.05) is 25.0 Å². The summed E-state index contributed by atoms with van der Waals surface area (Å²) >= 11 is 1.77. The highest BCUT2D eigenvalue weighted by molar-refractivity contribution is 7.17. The summed E-state index contributed by atoms with van der Waals surface area (Å²) in [7, 11) is 1.96. The second-order valence-electron chi connectivity index (χ2n) is 4.88. The normalized spacial score (nSPS) is 15.6. The lowest BCUT2D eigenvalue weighted by molar-refractivity contribution is 0.123. The Morgan fingerprint density at radius 3 is 2.67 bits per heavy atom. The molecule has 1 aliphatic heterocycles. The number of benzene rings is 1. The summed E-state index contributed by atoms with van der Waals surface area (Å²) in [6.07, 6.45) is 1.92. The van der Waals surface area contributed by atoms with E-state index in [1.165, 1.54) is 9.88 Å². The SMILES string of the molecule is CN(/N=C/c1ccc(N2CCOCC2)s1)c1ccccc1. The summed E-state index contributed by atoms with van der Waals surface area (Å²) in [4.78, 5) is 3.53. The lowest BCUT2D eigenvalue weighted by atomic mass is 10.3. The molecular weight excluding hydrogens is 282 g/mol. The molecule has 1 saturated heterocycles. The second kappa shape index (κ2) is 6.74. The predicted octanol–water partition coefficient (Wildman–Crippen LogP) is 3.06. The van der Waals surface area contributed by atoms with Gasteiger partial charge in [0.15, 0.2) is 0 Å². The van der Waals surface area contributed by atoms with Crippen molar-refractivity contribution >= 4 is 28.2 Å². The summed E-state index contributed by atoms with van der Waals surface area (Å²) in [5, 5.41) is 7.68. The van der Waals surface area contributed by atoms with E-state index in [0.29, 0.717) is 0 Å². The Bertz CT molecular complexity index is 591. The minimum atomic E-state index is 0.818. The number of hydrogen-bond acceptors (Lipinski definition) is 5. The molecule has 2 aromatic rings. The average molecular weight is 301 g/mol. The van der Waals surface area contributed by atoms with Crippen molar-refractivity contribution in [3.05, 3.63) is 47.3 Å². The van der Waals surface area contributed by atoms with Gasteiger partial charge in [-0.1, -0.05) is 18.2 Å². The highest BCUT2D eigenvalue weighted by Gasteiger charge is 2.12. The van der Waals surface area contributed by atoms with Crippen LogP contribution in [0.3, 0.4) is 0 Å². The van der Waals surface area contributed by atoms with Crippen molar-refractivity contribution in [3.63, 3.8) is 0 Å². The van der Waals surface area contributed by atoms with Gasteiger partial charge in [0.05, 0.1) is 30.1 Å². The Labute approximate surface area is 129 Å². The molecular formula is C16H19N3OS. The first-order chi connectivity index (χ1) is 10.3. The maximum atomic E-state index is 5.39. The van der Waals surface area contributed by atoms with E-state index >= 15 is 0 Å². The highest BCUT2D eigenvalue weighted by atomic mass is 32.1. The summed E-state index contributed by atoms with van der Waals surface area (Å²) in [5.74, 6) is 0. The third kappa shape index (κ3) is 3.62. The quantitative estimate of drug-likeness (QED) is 0.642. The maximum absolute atomic E-state index is 5.39. The summed E-state index contributed by atoms with van der Waals surface area (Å²) in [5.41, 5.74) is 1.08. The molecule has 0 atom stereocenters. The second-order valence-corrected chi connectivity index (χ2v) is 5.97. The van der Waals surface area contributed by atoms with E-state index in [0.717, 1.165) is 32.0 Å². The number of anilines is 2. The van der Waals surface area contributed by atoms with E-state index in [4.69, 9.17) is 4.74 Å². The number of hydrazone groups is 1. The van der Waals surface area contributed by atoms with E-state index in [2.05, 4.69) is 22.1 Å². The maximum Gasteiger partial charge on any atom is 0.0916 e. The van der Waals surface area contributed by atoms with Crippen molar-refractivity contribution in [2.75, 3.05) is 43.3 Å². The molecule has 3 rings (SSSR count). The Hall–Kier alpha value is -1.85. The minimum absolute atomic E-state index is 0.818. The topological polar surface area (TPSA) is 28.1 Å². The fraction of sp³-hybridized carbons (Fsp3) is 0.312. The first-order valence-corrected chi connectivity index (χ1v) is 7.90. The molecule has 1 aromatic heterocycles. The summed E-state index contributed by atoms with van der Waals surface area (Å²) in [6.45, 7) is 3.58. The van der Waals surface area contributed by atoms with Gasteiger partial charge in [-0.3, -0.25) is 5.01 Å². The molecule has 5 heteroatoms. The number of morpholine rings is 1. The predicted molar refractivity (Wildman–Crippen MR) is 89.8 cm³/mol. The first-order valence-electron chi connectivity index (χ1n) is 7.08. The number of nitrogens with zero attached hydrogens (tertiary/aromatic N) is 3. The number of rotatable bonds is 4. The van der Waals surface area contributed by atoms with Gasteiger partial charge in [0.25, 0.3) is 0 Å². The van der Waals surface area contributed by atoms with Gasteiger partial charge in [0.2, 0.25) is 0 Å². The monoisotopic (exact) mass is 301 g/mol. The van der Waals surface area contributed by atoms with Gasteiger partial charge in [0.1, 0.15) is 0 Å². The van der Waals surface area contributed by atoms with Gasteiger partial charge in [-0.25, -0.2) is 0 Å². The largest absolute Gasteiger partial charge is 0.378 e. The fourth-order valence-electron chi connectivity index (χ4n) is 2.22. The molecule has 0 radical (unpaired) electrons. The molecule has 0 amide bonds. The molecule has 1 fully saturated rings. The van der Waals surface area contributed by atoms with E-state index in [-0.39, 0.29) is 0 Å². The summed E-state index contributed by atoms with van der Waals surface area (Å²) < 4.78 is 5.39. The minimum Gasteiger partial charge on any atom is -0.378 e. The van der Waals surface area contributed by atoms with Crippen LogP contribution in [0.1, 0.15) is 4.88 Å². The van der Waals surface area contributed by atoms with Crippen LogP contribution < -0.4 is 9.91 Å². The number of hydrogen-bond donors (Lipinski definition) is 0. The molecule has 110 valence electrons. The molecule has 21 heavy (non-hydrogen) atoms. The Balaban J connectivity index is 1.65. The Kier molecular flexibility index (Phi) is 4.52. The van der Waals surface area contributed by atoms with Crippen molar-refractivity contribution in [2.45, 2.75) is 0 Å². The van der Waals surface area contributed by atoms with Crippen molar-refractivity contribution in [1.82, 2.24) is 0 Å². The molecule has 0 spiro atoms. The van der Waals surface area contributed by atoms with E-state index in [1.54, 1.807) is 11.3 Å². The van der Waals surface area contributed by atoms with Gasteiger partial charge in [-0.05, 0) is 24.3 Å².